The number of nitrogens with zero attached hydrogens (tertiary/aromatic N) is 2. The Kier molecular flexibility index (Phi) is 3.41. The van der Waals surface area contributed by atoms with Crippen molar-refractivity contribution in [2.45, 2.75) is 19.3 Å². The van der Waals surface area contributed by atoms with Crippen LogP contribution in [0.3, 0.4) is 0 Å². The van der Waals surface area contributed by atoms with Crippen molar-refractivity contribution < 1.29 is 9.21 Å². The van der Waals surface area contributed by atoms with Gasteiger partial charge in [0, 0.05) is 5.92 Å². The summed E-state index contributed by atoms with van der Waals surface area (Å²) in [6.07, 6.45) is 8.42. The molecule has 98 valence electrons. The molecule has 2 heterocycles. The van der Waals surface area contributed by atoms with Gasteiger partial charge in [-0.2, -0.15) is 0 Å². The molecular weight excluding hydrogens is 262 g/mol. The third kappa shape index (κ3) is 2.73. The Morgan fingerprint density at radius 1 is 1.42 bits per heavy atom. The molecule has 1 amide bonds. The average Bonchev–Trinajstić information content (AvgIpc) is 3.10. The monoisotopic (exact) mass is 275 g/mol. The number of aromatic nitrogens is 2. The number of hydrogen-bond donors (Lipinski definition) is 1. The largest absolute Gasteiger partial charge is 0.462 e. The van der Waals surface area contributed by atoms with Gasteiger partial charge in [-0.05, 0) is 31.4 Å². The van der Waals surface area contributed by atoms with Gasteiger partial charge in [-0.25, -0.2) is 0 Å². The first-order chi connectivity index (χ1) is 9.33. The second-order valence-electron chi connectivity index (χ2n) is 4.36. The number of nitrogens with one attached hydrogen (secondary N) is 1. The molecule has 0 bridgehead atoms. The fourth-order valence-corrected chi connectivity index (χ4v) is 2.73. The third-order valence-electron chi connectivity index (χ3n) is 3.03. The molecule has 1 aliphatic rings. The summed E-state index contributed by atoms with van der Waals surface area (Å²) in [6, 6.07) is 3.61. The highest BCUT2D eigenvalue weighted by Crippen LogP contribution is 2.27. The molecule has 1 aliphatic carbocycles. The number of rotatable bonds is 3. The zero-order valence-electron chi connectivity index (χ0n) is 10.2. The second kappa shape index (κ2) is 5.36. The molecule has 0 saturated heterocycles. The maximum Gasteiger partial charge on any atom is 0.229 e. The van der Waals surface area contributed by atoms with Crippen molar-refractivity contribution in [2.24, 2.45) is 5.92 Å². The van der Waals surface area contributed by atoms with Crippen molar-refractivity contribution in [1.82, 2.24) is 10.2 Å². The lowest BCUT2D eigenvalue weighted by atomic mass is 9.94. The molecule has 0 spiro atoms. The van der Waals surface area contributed by atoms with Gasteiger partial charge in [-0.1, -0.05) is 23.5 Å². The zero-order valence-corrected chi connectivity index (χ0v) is 11.0. The van der Waals surface area contributed by atoms with Crippen LogP contribution < -0.4 is 5.32 Å². The van der Waals surface area contributed by atoms with Crippen LogP contribution in [0.2, 0.25) is 0 Å². The molecule has 0 fully saturated rings. The SMILES string of the molecule is O=C(Nc1nnc(-c2ccco2)s1)[C@@H]1CC=CCC1. The van der Waals surface area contributed by atoms with Gasteiger partial charge in [-0.3, -0.25) is 4.79 Å². The molecule has 0 aromatic carbocycles. The minimum atomic E-state index is 0.0199. The lowest BCUT2D eigenvalue weighted by Crippen LogP contribution is -2.23. The van der Waals surface area contributed by atoms with Crippen LogP contribution in [-0.2, 0) is 4.79 Å². The molecule has 3 rings (SSSR count). The normalized spacial score (nSPS) is 18.4. The highest BCUT2D eigenvalue weighted by molar-refractivity contribution is 7.18. The van der Waals surface area contributed by atoms with E-state index in [1.54, 1.807) is 12.3 Å². The summed E-state index contributed by atoms with van der Waals surface area (Å²) in [5, 5.41) is 12.0. The number of amides is 1. The quantitative estimate of drug-likeness (QED) is 0.874. The fraction of sp³-hybridized carbons (Fsp3) is 0.308. The van der Waals surface area contributed by atoms with E-state index < -0.39 is 0 Å². The van der Waals surface area contributed by atoms with E-state index in [-0.39, 0.29) is 11.8 Å². The zero-order chi connectivity index (χ0) is 13.1. The predicted molar refractivity (Wildman–Crippen MR) is 72.7 cm³/mol. The van der Waals surface area contributed by atoms with E-state index in [2.05, 4.69) is 27.7 Å². The highest BCUT2D eigenvalue weighted by Gasteiger charge is 2.20. The number of carbonyl (C=O) groups excluding carboxylic acids is 1. The van der Waals surface area contributed by atoms with Gasteiger partial charge in [0.2, 0.25) is 11.0 Å². The fourth-order valence-electron chi connectivity index (χ4n) is 2.01. The Bertz CT molecular complexity index is 589. The van der Waals surface area contributed by atoms with Crippen molar-refractivity contribution in [3.05, 3.63) is 30.5 Å². The Morgan fingerprint density at radius 3 is 3.11 bits per heavy atom. The molecule has 19 heavy (non-hydrogen) atoms. The lowest BCUT2D eigenvalue weighted by Gasteiger charge is -2.15. The molecular formula is C13H13N3O2S. The number of hydrogen-bond acceptors (Lipinski definition) is 5. The summed E-state index contributed by atoms with van der Waals surface area (Å²) in [5.74, 6) is 0.728. The van der Waals surface area contributed by atoms with Crippen LogP contribution in [0.15, 0.2) is 35.0 Å². The molecule has 0 saturated carbocycles. The van der Waals surface area contributed by atoms with E-state index in [1.807, 2.05) is 6.07 Å². The minimum absolute atomic E-state index is 0.0199. The molecule has 0 unspecified atom stereocenters. The van der Waals surface area contributed by atoms with Crippen molar-refractivity contribution >= 4 is 22.4 Å². The molecule has 2 aromatic rings. The van der Waals surface area contributed by atoms with Crippen LogP contribution in [0.4, 0.5) is 5.13 Å². The molecule has 0 aliphatic heterocycles. The van der Waals surface area contributed by atoms with Gasteiger partial charge in [0.1, 0.15) is 0 Å². The summed E-state index contributed by atoms with van der Waals surface area (Å²) >= 11 is 1.32. The van der Waals surface area contributed by atoms with Crippen molar-refractivity contribution in [3.63, 3.8) is 0 Å². The maximum atomic E-state index is 12.0. The summed E-state index contributed by atoms with van der Waals surface area (Å²) in [6.45, 7) is 0. The van der Waals surface area contributed by atoms with E-state index in [0.717, 1.165) is 19.3 Å². The van der Waals surface area contributed by atoms with Gasteiger partial charge in [0.25, 0.3) is 0 Å². The molecule has 6 heteroatoms. The first kappa shape index (κ1) is 12.1. The van der Waals surface area contributed by atoms with Gasteiger partial charge in [-0.15, -0.1) is 10.2 Å². The predicted octanol–water partition coefficient (Wildman–Crippen LogP) is 3.09. The summed E-state index contributed by atoms with van der Waals surface area (Å²) in [7, 11) is 0. The topological polar surface area (TPSA) is 68.0 Å². The van der Waals surface area contributed by atoms with Crippen LogP contribution in [-0.4, -0.2) is 16.1 Å². The van der Waals surface area contributed by atoms with Gasteiger partial charge < -0.3 is 9.73 Å². The van der Waals surface area contributed by atoms with E-state index >= 15 is 0 Å². The Balaban J connectivity index is 1.67. The van der Waals surface area contributed by atoms with Gasteiger partial charge in [0.05, 0.1) is 6.26 Å². The maximum absolute atomic E-state index is 12.0. The minimum Gasteiger partial charge on any atom is -0.462 e. The summed E-state index contributed by atoms with van der Waals surface area (Å²) in [4.78, 5) is 12.0. The first-order valence-corrected chi connectivity index (χ1v) is 6.98. The average molecular weight is 275 g/mol. The standard InChI is InChI=1S/C13H13N3O2S/c17-11(9-5-2-1-3-6-9)14-13-16-15-12(19-13)10-7-4-8-18-10/h1-2,4,7-9H,3,5-6H2,(H,14,16,17)/t9-/m1/s1. The summed E-state index contributed by atoms with van der Waals surface area (Å²) in [5.41, 5.74) is 0. The lowest BCUT2D eigenvalue weighted by molar-refractivity contribution is -0.120. The van der Waals surface area contributed by atoms with Gasteiger partial charge in [0.15, 0.2) is 10.8 Å². The Labute approximate surface area is 114 Å². The van der Waals surface area contributed by atoms with Gasteiger partial charge >= 0.3 is 0 Å². The van der Waals surface area contributed by atoms with E-state index in [0.29, 0.717) is 15.9 Å². The van der Waals surface area contributed by atoms with E-state index in [4.69, 9.17) is 4.42 Å². The second-order valence-corrected chi connectivity index (χ2v) is 5.34. The Morgan fingerprint density at radius 2 is 2.37 bits per heavy atom. The number of carbonyl (C=O) groups is 1. The van der Waals surface area contributed by atoms with Crippen LogP contribution in [0, 0.1) is 5.92 Å². The van der Waals surface area contributed by atoms with Crippen molar-refractivity contribution in [2.75, 3.05) is 5.32 Å². The van der Waals surface area contributed by atoms with Crippen molar-refractivity contribution in [1.29, 1.82) is 0 Å². The Hall–Kier alpha value is -1.95. The van der Waals surface area contributed by atoms with E-state index in [1.165, 1.54) is 11.3 Å². The van der Waals surface area contributed by atoms with Crippen LogP contribution in [0.25, 0.3) is 10.8 Å². The first-order valence-electron chi connectivity index (χ1n) is 6.16. The molecule has 5 nitrogen and oxygen atoms in total. The number of anilines is 1. The van der Waals surface area contributed by atoms with Crippen molar-refractivity contribution in [3.8, 4) is 10.8 Å². The summed E-state index contributed by atoms with van der Waals surface area (Å²) < 4.78 is 5.24. The van der Waals surface area contributed by atoms with E-state index in [9.17, 15) is 4.79 Å². The molecule has 1 N–H and O–H groups in total. The molecule has 1 atom stereocenters. The number of allylic oxidation sites excluding steroid dienone is 2. The number of furan rings is 1. The highest BCUT2D eigenvalue weighted by atomic mass is 32.1. The smallest absolute Gasteiger partial charge is 0.229 e. The van der Waals surface area contributed by atoms with Crippen LogP contribution in [0.5, 0.6) is 0 Å². The molecule has 0 radical (unpaired) electrons. The van der Waals surface area contributed by atoms with Crippen LogP contribution >= 0.6 is 11.3 Å². The molecule has 2 aromatic heterocycles. The third-order valence-corrected chi connectivity index (χ3v) is 3.88. The van der Waals surface area contributed by atoms with Crippen LogP contribution in [0.1, 0.15) is 19.3 Å².